The van der Waals surface area contributed by atoms with Gasteiger partial charge in [0.15, 0.2) is 6.10 Å². The summed E-state index contributed by atoms with van der Waals surface area (Å²) >= 11 is 0. The Bertz CT molecular complexity index is 843. The number of nitrogens with one attached hydrogen (secondary N) is 2. The fourth-order valence-corrected chi connectivity index (χ4v) is 2.72. The van der Waals surface area contributed by atoms with E-state index in [9.17, 15) is 24.0 Å². The predicted octanol–water partition coefficient (Wildman–Crippen LogP) is 1.16. The highest BCUT2D eigenvalue weighted by Gasteiger charge is 2.31. The molecular weight excluding hydrogens is 378 g/mol. The van der Waals surface area contributed by atoms with Crippen LogP contribution in [0.2, 0.25) is 0 Å². The topological polar surface area (TPSA) is 122 Å². The fourth-order valence-electron chi connectivity index (χ4n) is 2.72. The van der Waals surface area contributed by atoms with Crippen LogP contribution in [0.4, 0.5) is 4.79 Å². The molecule has 156 valence electrons. The molecule has 0 saturated heterocycles. The molecular formula is C20H25N3O6. The van der Waals surface area contributed by atoms with Gasteiger partial charge in [-0.25, -0.2) is 4.79 Å². The zero-order chi connectivity index (χ0) is 21.8. The number of urea groups is 1. The van der Waals surface area contributed by atoms with Gasteiger partial charge in [0, 0.05) is 17.6 Å². The number of imide groups is 2. The first-order valence-corrected chi connectivity index (χ1v) is 9.23. The molecule has 2 rings (SSSR count). The Morgan fingerprint density at radius 1 is 1.17 bits per heavy atom. The van der Waals surface area contributed by atoms with E-state index in [1.54, 1.807) is 45.0 Å². The summed E-state index contributed by atoms with van der Waals surface area (Å²) in [7, 11) is 0. The lowest BCUT2D eigenvalue weighted by Crippen LogP contribution is -2.50. The molecule has 0 spiro atoms. The minimum absolute atomic E-state index is 0.0820. The molecule has 5 amide bonds. The van der Waals surface area contributed by atoms with Gasteiger partial charge in [-0.1, -0.05) is 18.2 Å². The van der Waals surface area contributed by atoms with Crippen LogP contribution in [0, 0.1) is 0 Å². The molecule has 0 aromatic heterocycles. The second-order valence-corrected chi connectivity index (χ2v) is 7.76. The maximum absolute atomic E-state index is 12.4. The molecule has 0 radical (unpaired) electrons. The minimum Gasteiger partial charge on any atom is -0.452 e. The highest BCUT2D eigenvalue weighted by atomic mass is 16.5. The van der Waals surface area contributed by atoms with Crippen molar-refractivity contribution >= 4 is 29.7 Å². The summed E-state index contributed by atoms with van der Waals surface area (Å²) in [5, 5.41) is 4.64. The highest BCUT2D eigenvalue weighted by Crippen LogP contribution is 2.19. The van der Waals surface area contributed by atoms with Crippen LogP contribution in [0.25, 0.3) is 0 Å². The molecule has 9 nitrogen and oxygen atoms in total. The Morgan fingerprint density at radius 2 is 1.83 bits per heavy atom. The average Bonchev–Trinajstić information content (AvgIpc) is 2.59. The SMILES string of the molecule is C[C@H](OC(=O)CCN1C(=O)Cc2ccccc2C1=O)C(=O)NC(=O)NC(C)(C)C. The van der Waals surface area contributed by atoms with E-state index < -0.39 is 41.4 Å². The van der Waals surface area contributed by atoms with Gasteiger partial charge in [-0.2, -0.15) is 0 Å². The van der Waals surface area contributed by atoms with Gasteiger partial charge in [-0.3, -0.25) is 29.4 Å². The number of amides is 5. The number of carbonyl (C=O) groups excluding carboxylic acids is 5. The molecule has 0 saturated carbocycles. The number of esters is 1. The van der Waals surface area contributed by atoms with E-state index in [4.69, 9.17) is 4.74 Å². The lowest BCUT2D eigenvalue weighted by atomic mass is 9.98. The van der Waals surface area contributed by atoms with Gasteiger partial charge < -0.3 is 10.1 Å². The fraction of sp³-hybridized carbons (Fsp3) is 0.450. The standard InChI is InChI=1S/C20H25N3O6/c1-12(17(26)21-19(28)22-20(2,3)4)29-16(25)9-10-23-15(24)11-13-7-5-6-8-14(13)18(23)27/h5-8,12H,9-11H2,1-4H3,(H2,21,22,26,28)/t12-/m0/s1. The average molecular weight is 403 g/mol. The van der Waals surface area contributed by atoms with Crippen molar-refractivity contribution in [3.8, 4) is 0 Å². The van der Waals surface area contributed by atoms with E-state index in [1.165, 1.54) is 6.92 Å². The first-order valence-electron chi connectivity index (χ1n) is 9.23. The summed E-state index contributed by atoms with van der Waals surface area (Å²) in [4.78, 5) is 61.3. The van der Waals surface area contributed by atoms with Crippen LogP contribution in [0.15, 0.2) is 24.3 Å². The van der Waals surface area contributed by atoms with Crippen molar-refractivity contribution in [1.82, 2.24) is 15.5 Å². The van der Waals surface area contributed by atoms with Gasteiger partial charge in [0.05, 0.1) is 12.8 Å². The summed E-state index contributed by atoms with van der Waals surface area (Å²) in [6, 6.07) is 6.10. The van der Waals surface area contributed by atoms with E-state index in [-0.39, 0.29) is 19.4 Å². The third kappa shape index (κ3) is 6.13. The van der Waals surface area contributed by atoms with Crippen LogP contribution < -0.4 is 10.6 Å². The smallest absolute Gasteiger partial charge is 0.321 e. The van der Waals surface area contributed by atoms with Crippen molar-refractivity contribution in [1.29, 1.82) is 0 Å². The van der Waals surface area contributed by atoms with Crippen LogP contribution in [0.1, 0.15) is 50.0 Å². The molecule has 1 heterocycles. The minimum atomic E-state index is -1.21. The van der Waals surface area contributed by atoms with Gasteiger partial charge in [0.1, 0.15) is 0 Å². The summed E-state index contributed by atoms with van der Waals surface area (Å²) < 4.78 is 4.99. The zero-order valence-electron chi connectivity index (χ0n) is 16.9. The van der Waals surface area contributed by atoms with E-state index in [0.717, 1.165) is 4.90 Å². The Morgan fingerprint density at radius 3 is 2.48 bits per heavy atom. The molecule has 0 bridgehead atoms. The maximum atomic E-state index is 12.4. The lowest BCUT2D eigenvalue weighted by molar-refractivity contribution is -0.154. The van der Waals surface area contributed by atoms with Gasteiger partial charge in [-0.15, -0.1) is 0 Å². The molecule has 29 heavy (non-hydrogen) atoms. The molecule has 0 aliphatic carbocycles. The monoisotopic (exact) mass is 403 g/mol. The molecule has 0 fully saturated rings. The largest absolute Gasteiger partial charge is 0.452 e. The molecule has 1 aromatic carbocycles. The number of benzene rings is 1. The second-order valence-electron chi connectivity index (χ2n) is 7.76. The molecule has 0 unspecified atom stereocenters. The number of carbonyl (C=O) groups is 5. The normalized spacial score (nSPS) is 14.7. The number of hydrogen-bond acceptors (Lipinski definition) is 6. The Kier molecular flexibility index (Phi) is 6.73. The number of hydrogen-bond donors (Lipinski definition) is 2. The third-order valence-electron chi connectivity index (χ3n) is 4.08. The number of rotatable bonds is 5. The van der Waals surface area contributed by atoms with Crippen molar-refractivity contribution in [2.24, 2.45) is 0 Å². The molecule has 1 atom stereocenters. The predicted molar refractivity (Wildman–Crippen MR) is 103 cm³/mol. The van der Waals surface area contributed by atoms with Crippen molar-refractivity contribution in [3.05, 3.63) is 35.4 Å². The number of nitrogens with zero attached hydrogens (tertiary/aromatic N) is 1. The van der Waals surface area contributed by atoms with Crippen molar-refractivity contribution in [2.75, 3.05) is 6.54 Å². The number of ether oxygens (including phenoxy) is 1. The van der Waals surface area contributed by atoms with E-state index in [1.807, 2.05) is 0 Å². The van der Waals surface area contributed by atoms with Gasteiger partial charge in [-0.05, 0) is 39.3 Å². The summed E-state index contributed by atoms with van der Waals surface area (Å²) in [5.74, 6) is -2.40. The first kappa shape index (κ1) is 22.1. The third-order valence-corrected chi connectivity index (χ3v) is 4.08. The molecule has 1 aromatic rings. The van der Waals surface area contributed by atoms with Crippen molar-refractivity contribution < 1.29 is 28.7 Å². The van der Waals surface area contributed by atoms with E-state index >= 15 is 0 Å². The Hall–Kier alpha value is -3.23. The van der Waals surface area contributed by atoms with E-state index in [0.29, 0.717) is 11.1 Å². The lowest BCUT2D eigenvalue weighted by Gasteiger charge is -2.26. The molecule has 1 aliphatic heterocycles. The van der Waals surface area contributed by atoms with Crippen LogP contribution in [0.5, 0.6) is 0 Å². The maximum Gasteiger partial charge on any atom is 0.321 e. The second kappa shape index (κ2) is 8.85. The summed E-state index contributed by atoms with van der Waals surface area (Å²) in [6.45, 7) is 6.43. The summed E-state index contributed by atoms with van der Waals surface area (Å²) in [6.07, 6.45) is -1.38. The van der Waals surface area contributed by atoms with Crippen LogP contribution >= 0.6 is 0 Å². The number of fused-ring (bicyclic) bond motifs is 1. The van der Waals surface area contributed by atoms with Crippen LogP contribution in [-0.2, 0) is 25.5 Å². The van der Waals surface area contributed by atoms with Gasteiger partial charge in [0.25, 0.3) is 11.8 Å². The summed E-state index contributed by atoms with van der Waals surface area (Å²) in [5.41, 5.74) is 0.550. The molecule has 9 heteroatoms. The van der Waals surface area contributed by atoms with Crippen LogP contribution in [0.3, 0.4) is 0 Å². The van der Waals surface area contributed by atoms with Crippen molar-refractivity contribution in [3.63, 3.8) is 0 Å². The highest BCUT2D eigenvalue weighted by molar-refractivity contribution is 6.09. The van der Waals surface area contributed by atoms with Gasteiger partial charge in [0.2, 0.25) is 5.91 Å². The quantitative estimate of drug-likeness (QED) is 0.562. The Labute approximate surface area is 168 Å². The van der Waals surface area contributed by atoms with Gasteiger partial charge >= 0.3 is 12.0 Å². The Balaban J connectivity index is 1.85. The first-order chi connectivity index (χ1) is 13.5. The zero-order valence-corrected chi connectivity index (χ0v) is 16.9. The molecule has 1 aliphatic rings. The molecule has 2 N–H and O–H groups in total. The van der Waals surface area contributed by atoms with E-state index in [2.05, 4.69) is 10.6 Å². The van der Waals surface area contributed by atoms with Crippen molar-refractivity contribution in [2.45, 2.75) is 52.2 Å². The van der Waals surface area contributed by atoms with Crippen LogP contribution in [-0.4, -0.2) is 52.8 Å².